The molecule has 0 aromatic heterocycles. The van der Waals surface area contributed by atoms with Crippen molar-refractivity contribution in [2.45, 2.75) is 32.9 Å². The van der Waals surface area contributed by atoms with Gasteiger partial charge < -0.3 is 15.0 Å². The second-order valence-electron chi connectivity index (χ2n) is 8.70. The first kappa shape index (κ1) is 26.2. The molecule has 0 aliphatic carbocycles. The van der Waals surface area contributed by atoms with Crippen LogP contribution >= 0.6 is 11.6 Å². The van der Waals surface area contributed by atoms with Crippen LogP contribution in [0.3, 0.4) is 0 Å². The highest BCUT2D eigenvalue weighted by Gasteiger charge is 2.31. The summed E-state index contributed by atoms with van der Waals surface area (Å²) in [4.78, 5) is 28.2. The van der Waals surface area contributed by atoms with Crippen LogP contribution in [0, 0.1) is 11.7 Å². The molecule has 0 spiro atoms. The summed E-state index contributed by atoms with van der Waals surface area (Å²) in [5, 5.41) is 3.49. The molecule has 3 rings (SSSR count). The summed E-state index contributed by atoms with van der Waals surface area (Å²) in [7, 11) is 0. The summed E-state index contributed by atoms with van der Waals surface area (Å²) in [5.41, 5.74) is 1.21. The Bertz CT molecular complexity index is 1110. The number of nitrogens with zero attached hydrogens (tertiary/aromatic N) is 1. The lowest BCUT2D eigenvalue weighted by molar-refractivity contribution is -0.142. The average molecular weight is 497 g/mol. The number of hydrogen-bond acceptors (Lipinski definition) is 3. The van der Waals surface area contributed by atoms with Crippen LogP contribution in [0.25, 0.3) is 0 Å². The van der Waals surface area contributed by atoms with Crippen molar-refractivity contribution in [3.8, 4) is 5.75 Å². The lowest BCUT2D eigenvalue weighted by atomic mass is 10.0. The third-order valence-electron chi connectivity index (χ3n) is 5.43. The highest BCUT2D eigenvalue weighted by atomic mass is 35.5. The molecular weight excluding hydrogens is 467 g/mol. The smallest absolute Gasteiger partial charge is 0.261 e. The quantitative estimate of drug-likeness (QED) is 0.393. The third kappa shape index (κ3) is 8.11. The lowest BCUT2D eigenvalue weighted by Gasteiger charge is -2.31. The molecule has 0 heterocycles. The normalized spacial score (nSPS) is 11.7. The minimum atomic E-state index is -0.850. The lowest BCUT2D eigenvalue weighted by Crippen LogP contribution is -2.52. The Labute approximate surface area is 210 Å². The molecule has 1 atom stereocenters. The van der Waals surface area contributed by atoms with Crippen LogP contribution < -0.4 is 10.1 Å². The number of rotatable bonds is 11. The van der Waals surface area contributed by atoms with E-state index in [1.165, 1.54) is 11.0 Å². The SMILES string of the molecule is CC(C)CNC(=O)C(Cc1ccccc1)N(Cc1ccccc1F)C(=O)COc1ccc(Cl)cc1. The Morgan fingerprint density at radius 2 is 1.63 bits per heavy atom. The monoisotopic (exact) mass is 496 g/mol. The van der Waals surface area contributed by atoms with E-state index in [-0.39, 0.29) is 31.4 Å². The van der Waals surface area contributed by atoms with E-state index in [4.69, 9.17) is 16.3 Å². The summed E-state index contributed by atoms with van der Waals surface area (Å²) >= 11 is 5.92. The van der Waals surface area contributed by atoms with Gasteiger partial charge in [-0.05, 0) is 41.8 Å². The van der Waals surface area contributed by atoms with Crippen LogP contribution in [-0.2, 0) is 22.6 Å². The van der Waals surface area contributed by atoms with Gasteiger partial charge >= 0.3 is 0 Å². The molecule has 0 fully saturated rings. The molecule has 0 radical (unpaired) electrons. The van der Waals surface area contributed by atoms with Crippen molar-refractivity contribution in [3.05, 3.63) is 101 Å². The Kier molecular flexibility index (Phi) is 9.67. The fourth-order valence-corrected chi connectivity index (χ4v) is 3.67. The van der Waals surface area contributed by atoms with Crippen molar-refractivity contribution in [1.29, 1.82) is 0 Å². The first-order valence-electron chi connectivity index (χ1n) is 11.6. The van der Waals surface area contributed by atoms with Gasteiger partial charge in [0.05, 0.1) is 0 Å². The zero-order chi connectivity index (χ0) is 25.2. The van der Waals surface area contributed by atoms with Crippen LogP contribution in [-0.4, -0.2) is 35.9 Å². The molecule has 35 heavy (non-hydrogen) atoms. The summed E-state index contributed by atoms with van der Waals surface area (Å²) < 4.78 is 20.2. The predicted molar refractivity (Wildman–Crippen MR) is 136 cm³/mol. The van der Waals surface area contributed by atoms with Crippen molar-refractivity contribution in [1.82, 2.24) is 10.2 Å². The van der Waals surface area contributed by atoms with E-state index in [2.05, 4.69) is 5.32 Å². The van der Waals surface area contributed by atoms with E-state index < -0.39 is 17.8 Å². The molecule has 2 amide bonds. The van der Waals surface area contributed by atoms with Gasteiger partial charge in [-0.25, -0.2) is 4.39 Å². The topological polar surface area (TPSA) is 58.6 Å². The van der Waals surface area contributed by atoms with E-state index in [0.717, 1.165) is 5.56 Å². The van der Waals surface area contributed by atoms with Crippen LogP contribution in [0.2, 0.25) is 5.02 Å². The molecule has 7 heteroatoms. The molecule has 3 aromatic carbocycles. The number of halogens is 2. The van der Waals surface area contributed by atoms with Crippen molar-refractivity contribution in [2.75, 3.05) is 13.2 Å². The number of amides is 2. The van der Waals surface area contributed by atoms with Crippen molar-refractivity contribution in [3.63, 3.8) is 0 Å². The number of carbonyl (C=O) groups excluding carboxylic acids is 2. The summed E-state index contributed by atoms with van der Waals surface area (Å²) in [6.07, 6.45) is 0.284. The fraction of sp³-hybridized carbons (Fsp3) is 0.286. The maximum Gasteiger partial charge on any atom is 0.261 e. The van der Waals surface area contributed by atoms with Gasteiger partial charge in [0.1, 0.15) is 17.6 Å². The number of nitrogens with one attached hydrogen (secondary N) is 1. The van der Waals surface area contributed by atoms with Crippen LogP contribution in [0.5, 0.6) is 5.75 Å². The van der Waals surface area contributed by atoms with E-state index in [1.807, 2.05) is 44.2 Å². The highest BCUT2D eigenvalue weighted by molar-refractivity contribution is 6.30. The zero-order valence-corrected chi connectivity index (χ0v) is 20.7. The molecule has 3 aromatic rings. The number of hydrogen-bond donors (Lipinski definition) is 1. The van der Waals surface area contributed by atoms with Gasteiger partial charge in [0.25, 0.3) is 5.91 Å². The highest BCUT2D eigenvalue weighted by Crippen LogP contribution is 2.19. The van der Waals surface area contributed by atoms with Gasteiger partial charge in [-0.2, -0.15) is 0 Å². The number of carbonyl (C=O) groups is 2. The van der Waals surface area contributed by atoms with Gasteiger partial charge in [0.2, 0.25) is 5.91 Å². The molecule has 1 unspecified atom stereocenters. The van der Waals surface area contributed by atoms with E-state index in [0.29, 0.717) is 22.9 Å². The molecule has 0 aliphatic heterocycles. The Hall–Kier alpha value is -3.38. The van der Waals surface area contributed by atoms with Crippen LogP contribution in [0.4, 0.5) is 4.39 Å². The summed E-state index contributed by atoms with van der Waals surface area (Å²) in [6, 6.07) is 21.5. The summed E-state index contributed by atoms with van der Waals surface area (Å²) in [5.74, 6) is -0.453. The molecule has 5 nitrogen and oxygen atoms in total. The number of ether oxygens (including phenoxy) is 1. The Morgan fingerprint density at radius 3 is 2.29 bits per heavy atom. The first-order chi connectivity index (χ1) is 16.8. The van der Waals surface area contributed by atoms with Crippen molar-refractivity contribution >= 4 is 23.4 Å². The fourth-order valence-electron chi connectivity index (χ4n) is 3.55. The van der Waals surface area contributed by atoms with Gasteiger partial charge in [0, 0.05) is 30.1 Å². The molecule has 0 saturated heterocycles. The van der Waals surface area contributed by atoms with Crippen molar-refractivity contribution < 1.29 is 18.7 Å². The second kappa shape index (κ2) is 12.9. The van der Waals surface area contributed by atoms with Crippen molar-refractivity contribution in [2.24, 2.45) is 5.92 Å². The standard InChI is InChI=1S/C28H30ClFN2O3/c1-20(2)17-31-28(34)26(16-21-8-4-3-5-9-21)32(18-22-10-6-7-11-25(22)30)27(33)19-35-24-14-12-23(29)13-15-24/h3-15,20,26H,16-19H2,1-2H3,(H,31,34). The minimum Gasteiger partial charge on any atom is -0.484 e. The van der Waals surface area contributed by atoms with E-state index >= 15 is 0 Å². The molecule has 0 bridgehead atoms. The van der Waals surface area contributed by atoms with Gasteiger partial charge in [-0.15, -0.1) is 0 Å². The molecule has 1 N–H and O–H groups in total. The molecule has 0 aliphatic rings. The van der Waals surface area contributed by atoms with Crippen LogP contribution in [0.1, 0.15) is 25.0 Å². The van der Waals surface area contributed by atoms with Crippen LogP contribution in [0.15, 0.2) is 78.9 Å². The van der Waals surface area contributed by atoms with E-state index in [1.54, 1.807) is 42.5 Å². The Balaban J connectivity index is 1.90. The van der Waals surface area contributed by atoms with E-state index in [9.17, 15) is 14.0 Å². The third-order valence-corrected chi connectivity index (χ3v) is 5.68. The van der Waals surface area contributed by atoms with Gasteiger partial charge in [0.15, 0.2) is 6.61 Å². The number of benzene rings is 3. The zero-order valence-electron chi connectivity index (χ0n) is 19.9. The molecule has 184 valence electrons. The maximum atomic E-state index is 14.6. The first-order valence-corrected chi connectivity index (χ1v) is 11.9. The Morgan fingerprint density at radius 1 is 0.971 bits per heavy atom. The van der Waals surface area contributed by atoms with Gasteiger partial charge in [-0.1, -0.05) is 74.0 Å². The maximum absolute atomic E-state index is 14.6. The minimum absolute atomic E-state index is 0.0674. The second-order valence-corrected chi connectivity index (χ2v) is 9.14. The molecule has 0 saturated carbocycles. The largest absolute Gasteiger partial charge is 0.484 e. The molecular formula is C28H30ClFN2O3. The van der Waals surface area contributed by atoms with Gasteiger partial charge in [-0.3, -0.25) is 9.59 Å². The summed E-state index contributed by atoms with van der Waals surface area (Å²) in [6.45, 7) is 4.08. The predicted octanol–water partition coefficient (Wildman–Crippen LogP) is 5.27. The average Bonchev–Trinajstić information content (AvgIpc) is 2.85.